The van der Waals surface area contributed by atoms with Gasteiger partial charge in [-0.2, -0.15) is 0 Å². The fourth-order valence-corrected chi connectivity index (χ4v) is 3.59. The molecule has 2 aliphatic heterocycles. The average Bonchev–Trinajstić information content (AvgIpc) is 3.39. The van der Waals surface area contributed by atoms with Gasteiger partial charge in [-0.1, -0.05) is 35.0 Å². The van der Waals surface area contributed by atoms with Crippen LogP contribution in [0.25, 0.3) is 0 Å². The summed E-state index contributed by atoms with van der Waals surface area (Å²) in [6.07, 6.45) is 1.35. The first-order chi connectivity index (χ1) is 14.2. The van der Waals surface area contributed by atoms with Crippen molar-refractivity contribution in [3.8, 4) is 23.0 Å². The predicted molar refractivity (Wildman–Crippen MR) is 109 cm³/mol. The van der Waals surface area contributed by atoms with Crippen LogP contribution in [0, 0.1) is 6.92 Å². The van der Waals surface area contributed by atoms with Gasteiger partial charge in [0.05, 0.1) is 19.9 Å². The lowest BCUT2D eigenvalue weighted by Gasteiger charge is -2.15. The maximum Gasteiger partial charge on any atom is 0.231 e. The topological polar surface area (TPSA) is 70.5 Å². The second-order valence-electron chi connectivity index (χ2n) is 7.22. The Kier molecular flexibility index (Phi) is 5.76. The van der Waals surface area contributed by atoms with Gasteiger partial charge in [-0.25, -0.2) is 0 Å². The molecule has 0 radical (unpaired) electrons. The Morgan fingerprint density at radius 1 is 1.07 bits per heavy atom. The molecule has 0 aliphatic carbocycles. The quantitative estimate of drug-likeness (QED) is 0.736. The molecule has 2 aliphatic rings. The summed E-state index contributed by atoms with van der Waals surface area (Å²) in [6.45, 7) is 3.75. The zero-order valence-corrected chi connectivity index (χ0v) is 17.0. The van der Waals surface area contributed by atoms with E-state index in [0.717, 1.165) is 24.2 Å². The van der Waals surface area contributed by atoms with Crippen molar-refractivity contribution >= 4 is 5.71 Å². The molecule has 29 heavy (non-hydrogen) atoms. The Morgan fingerprint density at radius 2 is 1.86 bits per heavy atom. The molecule has 1 N–H and O–H groups in total. The van der Waals surface area contributed by atoms with E-state index in [-0.39, 0.29) is 12.9 Å². The summed E-state index contributed by atoms with van der Waals surface area (Å²) in [5, 5.41) is 7.69. The molecule has 2 heterocycles. The molecule has 154 valence electrons. The molecule has 0 saturated heterocycles. The summed E-state index contributed by atoms with van der Waals surface area (Å²) in [5.41, 5.74) is 4.47. The fourth-order valence-electron chi connectivity index (χ4n) is 3.59. The highest BCUT2D eigenvalue weighted by Gasteiger charge is 2.30. The minimum atomic E-state index is -0.0508. The molecule has 0 unspecified atom stereocenters. The molecule has 1 atom stereocenters. The Balaban J connectivity index is 1.34. The third kappa shape index (κ3) is 4.24. The van der Waals surface area contributed by atoms with E-state index in [1.54, 1.807) is 14.2 Å². The third-order valence-corrected chi connectivity index (χ3v) is 5.08. The van der Waals surface area contributed by atoms with E-state index in [4.69, 9.17) is 23.8 Å². The Hall–Kier alpha value is -2.93. The second kappa shape index (κ2) is 8.61. The second-order valence-corrected chi connectivity index (χ2v) is 7.22. The Bertz CT molecular complexity index is 895. The number of nitrogens with one attached hydrogen (secondary N) is 1. The smallest absolute Gasteiger partial charge is 0.231 e. The maximum absolute atomic E-state index is 5.66. The fraction of sp³-hybridized carbons (Fsp3) is 0.409. The molecule has 7 heteroatoms. The van der Waals surface area contributed by atoms with Gasteiger partial charge in [-0.05, 0) is 18.6 Å². The zero-order valence-electron chi connectivity index (χ0n) is 17.0. The van der Waals surface area contributed by atoms with Crippen LogP contribution in [0.5, 0.6) is 23.0 Å². The van der Waals surface area contributed by atoms with Gasteiger partial charge in [-0.15, -0.1) is 0 Å². The minimum Gasteiger partial charge on any atom is -0.493 e. The number of aryl methyl sites for hydroxylation is 1. The van der Waals surface area contributed by atoms with E-state index in [2.05, 4.69) is 41.7 Å². The third-order valence-electron chi connectivity index (χ3n) is 5.08. The number of fused-ring (bicyclic) bond motifs is 1. The van der Waals surface area contributed by atoms with Crippen LogP contribution in [0.4, 0.5) is 0 Å². The van der Waals surface area contributed by atoms with Crippen molar-refractivity contribution in [3.05, 3.63) is 47.0 Å². The summed E-state index contributed by atoms with van der Waals surface area (Å²) in [5.74, 6) is 2.46. The van der Waals surface area contributed by atoms with E-state index in [1.807, 2.05) is 6.07 Å². The van der Waals surface area contributed by atoms with Gasteiger partial charge in [0, 0.05) is 31.5 Å². The van der Waals surface area contributed by atoms with Crippen LogP contribution < -0.4 is 24.3 Å². The molecule has 2 aromatic carbocycles. The largest absolute Gasteiger partial charge is 0.493 e. The molecule has 0 bridgehead atoms. The number of hydrogen-bond acceptors (Lipinski definition) is 7. The van der Waals surface area contributed by atoms with Crippen molar-refractivity contribution < 1.29 is 23.8 Å². The van der Waals surface area contributed by atoms with Gasteiger partial charge in [-0.3, -0.25) is 0 Å². The van der Waals surface area contributed by atoms with Gasteiger partial charge in [0.1, 0.15) is 6.10 Å². The average molecular weight is 398 g/mol. The number of hydrogen-bond donors (Lipinski definition) is 1. The molecule has 0 fully saturated rings. The van der Waals surface area contributed by atoms with Crippen LogP contribution in [0.15, 0.2) is 35.5 Å². The highest BCUT2D eigenvalue weighted by molar-refractivity contribution is 5.87. The number of methoxy groups -OCH3 is 2. The van der Waals surface area contributed by atoms with E-state index in [9.17, 15) is 0 Å². The summed E-state index contributed by atoms with van der Waals surface area (Å²) >= 11 is 0. The molecule has 4 rings (SSSR count). The van der Waals surface area contributed by atoms with Crippen molar-refractivity contribution in [1.29, 1.82) is 0 Å². The van der Waals surface area contributed by atoms with Crippen molar-refractivity contribution in [2.45, 2.75) is 32.4 Å². The molecular weight excluding hydrogens is 372 g/mol. The van der Waals surface area contributed by atoms with E-state index in [0.29, 0.717) is 36.0 Å². The first-order valence-corrected chi connectivity index (χ1v) is 9.69. The number of oxime groups is 1. The van der Waals surface area contributed by atoms with Crippen LogP contribution in [0.2, 0.25) is 0 Å². The standard InChI is InChI=1S/C22H26N2O5/c1-14-4-6-15(7-5-14)11-23-12-17-10-18(29-24-17)8-16-9-19(25-2)21-22(20(16)26-3)28-13-27-21/h4-7,9,18,23H,8,10-13H2,1-3H3/t18-/m0/s1. The number of rotatable bonds is 8. The van der Waals surface area contributed by atoms with Crippen LogP contribution in [-0.4, -0.2) is 39.4 Å². The first kappa shape index (κ1) is 19.4. The van der Waals surface area contributed by atoms with Crippen LogP contribution in [0.1, 0.15) is 23.1 Å². The minimum absolute atomic E-state index is 0.0508. The summed E-state index contributed by atoms with van der Waals surface area (Å²) in [4.78, 5) is 5.66. The monoisotopic (exact) mass is 398 g/mol. The number of nitrogens with zero attached hydrogens (tertiary/aromatic N) is 1. The first-order valence-electron chi connectivity index (χ1n) is 9.69. The number of benzene rings is 2. The summed E-state index contributed by atoms with van der Waals surface area (Å²) < 4.78 is 22.1. The normalized spacial score (nSPS) is 17.1. The Labute approximate surface area is 170 Å². The molecule has 0 spiro atoms. The highest BCUT2D eigenvalue weighted by Crippen LogP contribution is 2.49. The van der Waals surface area contributed by atoms with Gasteiger partial charge in [0.25, 0.3) is 0 Å². The van der Waals surface area contributed by atoms with E-state index < -0.39 is 0 Å². The lowest BCUT2D eigenvalue weighted by molar-refractivity contribution is 0.0853. The van der Waals surface area contributed by atoms with Crippen molar-refractivity contribution in [1.82, 2.24) is 5.32 Å². The van der Waals surface area contributed by atoms with Gasteiger partial charge >= 0.3 is 0 Å². The van der Waals surface area contributed by atoms with Crippen LogP contribution in [-0.2, 0) is 17.8 Å². The van der Waals surface area contributed by atoms with E-state index in [1.165, 1.54) is 11.1 Å². The van der Waals surface area contributed by atoms with Crippen LogP contribution in [0.3, 0.4) is 0 Å². The molecule has 7 nitrogen and oxygen atoms in total. The van der Waals surface area contributed by atoms with Gasteiger partial charge in [0.15, 0.2) is 11.5 Å². The predicted octanol–water partition coefficient (Wildman–Crippen LogP) is 3.22. The molecule has 0 aromatic heterocycles. The highest BCUT2D eigenvalue weighted by atomic mass is 16.7. The summed E-state index contributed by atoms with van der Waals surface area (Å²) in [7, 11) is 3.24. The molecule has 0 saturated carbocycles. The Morgan fingerprint density at radius 3 is 2.62 bits per heavy atom. The lowest BCUT2D eigenvalue weighted by atomic mass is 10.0. The van der Waals surface area contributed by atoms with Crippen molar-refractivity contribution in [2.24, 2.45) is 5.16 Å². The zero-order chi connectivity index (χ0) is 20.2. The van der Waals surface area contributed by atoms with E-state index >= 15 is 0 Å². The van der Waals surface area contributed by atoms with Crippen LogP contribution >= 0.6 is 0 Å². The van der Waals surface area contributed by atoms with Gasteiger partial charge in [0.2, 0.25) is 18.3 Å². The summed E-state index contributed by atoms with van der Waals surface area (Å²) in [6, 6.07) is 10.4. The SMILES string of the molecule is COc1cc(C[C@H]2CC(CNCc3ccc(C)cc3)=NO2)c(OC)c2c1OCO2. The maximum atomic E-state index is 5.66. The van der Waals surface area contributed by atoms with Crippen molar-refractivity contribution in [2.75, 3.05) is 27.6 Å². The van der Waals surface area contributed by atoms with Gasteiger partial charge < -0.3 is 29.1 Å². The molecule has 0 amide bonds. The van der Waals surface area contributed by atoms with Crippen molar-refractivity contribution in [3.63, 3.8) is 0 Å². The lowest BCUT2D eigenvalue weighted by Crippen LogP contribution is -2.23. The molecular formula is C22H26N2O5. The number of ether oxygens (including phenoxy) is 4. The molecule has 2 aromatic rings.